The number of aliphatic hydroxyl groups is 1. The van der Waals surface area contributed by atoms with Crippen LogP contribution in [0, 0.1) is 27.7 Å². The van der Waals surface area contributed by atoms with Crippen LogP contribution in [0.4, 0.5) is 0 Å². The van der Waals surface area contributed by atoms with E-state index in [1.165, 1.54) is 16.8 Å². The second kappa shape index (κ2) is 7.27. The van der Waals surface area contributed by atoms with E-state index in [0.29, 0.717) is 6.54 Å². The Morgan fingerprint density at radius 2 is 1.78 bits per heavy atom. The summed E-state index contributed by atoms with van der Waals surface area (Å²) >= 11 is 0. The zero-order valence-corrected chi connectivity index (χ0v) is 15.1. The average molecular weight is 319 g/mol. The highest BCUT2D eigenvalue weighted by atomic mass is 16.3. The second-order valence-corrected chi connectivity index (χ2v) is 6.15. The van der Waals surface area contributed by atoms with Gasteiger partial charge in [-0.1, -0.05) is 6.92 Å². The zero-order valence-electron chi connectivity index (χ0n) is 15.1. The smallest absolute Gasteiger partial charge is 0.0644 e. The number of hydrogen-bond acceptors (Lipinski definition) is 4. The molecule has 6 heteroatoms. The van der Waals surface area contributed by atoms with E-state index < -0.39 is 0 Å². The van der Waals surface area contributed by atoms with Crippen LogP contribution in [0.15, 0.2) is 0 Å². The van der Waals surface area contributed by atoms with Crippen molar-refractivity contribution in [2.24, 2.45) is 7.05 Å². The van der Waals surface area contributed by atoms with Gasteiger partial charge in [-0.2, -0.15) is 10.2 Å². The van der Waals surface area contributed by atoms with Crippen molar-refractivity contribution in [3.8, 4) is 0 Å². The highest BCUT2D eigenvalue weighted by Crippen LogP contribution is 2.24. The maximum absolute atomic E-state index is 9.13. The predicted molar refractivity (Wildman–Crippen MR) is 91.3 cm³/mol. The van der Waals surface area contributed by atoms with Crippen LogP contribution in [0.3, 0.4) is 0 Å². The first kappa shape index (κ1) is 17.7. The average Bonchev–Trinajstić information content (AvgIpc) is 2.91. The number of rotatable bonds is 7. The Hall–Kier alpha value is -1.66. The third-order valence-corrected chi connectivity index (χ3v) is 4.69. The van der Waals surface area contributed by atoms with Gasteiger partial charge in [-0.05, 0) is 34.1 Å². The fraction of sp³-hybridized carbons (Fsp3) is 0.647. The van der Waals surface area contributed by atoms with E-state index >= 15 is 0 Å². The molecule has 2 aromatic heterocycles. The van der Waals surface area contributed by atoms with Gasteiger partial charge in [0, 0.05) is 42.1 Å². The lowest BCUT2D eigenvalue weighted by Gasteiger charge is -2.18. The Bertz CT molecular complexity index is 671. The van der Waals surface area contributed by atoms with Crippen LogP contribution in [-0.4, -0.2) is 31.3 Å². The lowest BCUT2D eigenvalue weighted by molar-refractivity contribution is 0.267. The molecule has 0 radical (unpaired) electrons. The minimum atomic E-state index is 0.112. The summed E-state index contributed by atoms with van der Waals surface area (Å²) in [6, 6.07) is 0.281. The Kier molecular flexibility index (Phi) is 5.59. The molecule has 128 valence electrons. The molecule has 2 aromatic rings. The predicted octanol–water partition coefficient (Wildman–Crippen LogP) is 2.08. The van der Waals surface area contributed by atoms with Crippen LogP contribution in [-0.2, 0) is 20.1 Å². The molecule has 2 heterocycles. The molecule has 0 aliphatic heterocycles. The van der Waals surface area contributed by atoms with Gasteiger partial charge < -0.3 is 10.4 Å². The minimum absolute atomic E-state index is 0.112. The molecule has 0 aromatic carbocycles. The van der Waals surface area contributed by atoms with Gasteiger partial charge in [0.15, 0.2) is 0 Å². The van der Waals surface area contributed by atoms with Gasteiger partial charge in [0.25, 0.3) is 0 Å². The molecule has 0 bridgehead atoms. The number of aliphatic hydroxyl groups excluding tert-OH is 1. The minimum Gasteiger partial charge on any atom is -0.394 e. The van der Waals surface area contributed by atoms with E-state index in [-0.39, 0.29) is 12.6 Å². The monoisotopic (exact) mass is 319 g/mol. The molecular formula is C17H29N5O. The van der Waals surface area contributed by atoms with Gasteiger partial charge in [0.05, 0.1) is 24.5 Å². The van der Waals surface area contributed by atoms with Crippen LogP contribution >= 0.6 is 0 Å². The summed E-state index contributed by atoms with van der Waals surface area (Å²) in [4.78, 5) is 0. The third-order valence-electron chi connectivity index (χ3n) is 4.69. The van der Waals surface area contributed by atoms with Gasteiger partial charge in [-0.3, -0.25) is 9.36 Å². The fourth-order valence-electron chi connectivity index (χ4n) is 3.27. The third kappa shape index (κ3) is 3.48. The van der Waals surface area contributed by atoms with E-state index in [4.69, 9.17) is 5.11 Å². The normalized spacial score (nSPS) is 12.8. The maximum atomic E-state index is 9.13. The van der Waals surface area contributed by atoms with E-state index in [0.717, 1.165) is 30.0 Å². The summed E-state index contributed by atoms with van der Waals surface area (Å²) in [5, 5.41) is 21.8. The summed E-state index contributed by atoms with van der Waals surface area (Å²) in [6.45, 7) is 11.9. The lowest BCUT2D eigenvalue weighted by atomic mass is 10.0. The van der Waals surface area contributed by atoms with Crippen molar-refractivity contribution in [2.45, 2.75) is 60.2 Å². The topological polar surface area (TPSA) is 67.9 Å². The first-order valence-corrected chi connectivity index (χ1v) is 8.27. The molecule has 2 N–H and O–H groups in total. The van der Waals surface area contributed by atoms with E-state index in [2.05, 4.69) is 43.2 Å². The molecule has 6 nitrogen and oxygen atoms in total. The first-order valence-electron chi connectivity index (χ1n) is 8.27. The van der Waals surface area contributed by atoms with Crippen molar-refractivity contribution < 1.29 is 5.11 Å². The molecule has 1 unspecified atom stereocenters. The molecule has 0 spiro atoms. The highest BCUT2D eigenvalue weighted by molar-refractivity contribution is 5.29. The maximum Gasteiger partial charge on any atom is 0.0644 e. The molecule has 23 heavy (non-hydrogen) atoms. The van der Waals surface area contributed by atoms with Gasteiger partial charge in [-0.25, -0.2) is 0 Å². The van der Waals surface area contributed by atoms with Crippen LogP contribution in [0.25, 0.3) is 0 Å². The largest absolute Gasteiger partial charge is 0.394 e. The van der Waals surface area contributed by atoms with E-state index in [1.807, 2.05) is 23.3 Å². The molecule has 0 aliphatic rings. The van der Waals surface area contributed by atoms with Crippen molar-refractivity contribution in [2.75, 3.05) is 6.61 Å². The SMILES string of the molecule is CCC(NCc1c(C)nn(CCO)c1C)c1c(C)nn(C)c1C. The van der Waals surface area contributed by atoms with Crippen molar-refractivity contribution >= 4 is 0 Å². The summed E-state index contributed by atoms with van der Waals surface area (Å²) in [6.07, 6.45) is 1.01. The standard InChI is InChI=1S/C17H29N5O/c1-7-16(17-12(3)19-21(6)14(17)5)18-10-15-11(2)20-22(8-9-23)13(15)4/h16,18,23H,7-10H2,1-6H3. The summed E-state index contributed by atoms with van der Waals surface area (Å²) in [7, 11) is 1.99. The van der Waals surface area contributed by atoms with Crippen molar-refractivity contribution in [1.29, 1.82) is 0 Å². The Balaban J connectivity index is 2.18. The van der Waals surface area contributed by atoms with Gasteiger partial charge in [0.1, 0.15) is 0 Å². The molecule has 0 amide bonds. The lowest BCUT2D eigenvalue weighted by Crippen LogP contribution is -2.22. The quantitative estimate of drug-likeness (QED) is 0.820. The zero-order chi connectivity index (χ0) is 17.1. The number of aryl methyl sites for hydroxylation is 3. The fourth-order valence-corrected chi connectivity index (χ4v) is 3.27. The van der Waals surface area contributed by atoms with Crippen LogP contribution < -0.4 is 5.32 Å². The summed E-state index contributed by atoms with van der Waals surface area (Å²) in [5.74, 6) is 0. The molecule has 0 saturated carbocycles. The Morgan fingerprint density at radius 3 is 2.30 bits per heavy atom. The van der Waals surface area contributed by atoms with Crippen molar-refractivity contribution in [3.05, 3.63) is 33.9 Å². The molecule has 1 atom stereocenters. The molecule has 0 aliphatic carbocycles. The number of nitrogens with zero attached hydrogens (tertiary/aromatic N) is 4. The van der Waals surface area contributed by atoms with Crippen LogP contribution in [0.5, 0.6) is 0 Å². The highest BCUT2D eigenvalue weighted by Gasteiger charge is 2.19. The number of nitrogens with one attached hydrogen (secondary N) is 1. The van der Waals surface area contributed by atoms with Crippen molar-refractivity contribution in [3.63, 3.8) is 0 Å². The molecule has 0 saturated heterocycles. The summed E-state index contributed by atoms with van der Waals surface area (Å²) < 4.78 is 3.83. The summed E-state index contributed by atoms with van der Waals surface area (Å²) in [5.41, 5.74) is 6.97. The van der Waals surface area contributed by atoms with Gasteiger partial charge in [-0.15, -0.1) is 0 Å². The van der Waals surface area contributed by atoms with Gasteiger partial charge >= 0.3 is 0 Å². The first-order chi connectivity index (χ1) is 10.9. The van der Waals surface area contributed by atoms with E-state index in [1.54, 1.807) is 0 Å². The molecular weight excluding hydrogens is 290 g/mol. The second-order valence-electron chi connectivity index (χ2n) is 6.15. The van der Waals surface area contributed by atoms with Crippen LogP contribution in [0.2, 0.25) is 0 Å². The molecule has 0 fully saturated rings. The van der Waals surface area contributed by atoms with Crippen LogP contribution in [0.1, 0.15) is 53.3 Å². The molecule has 2 rings (SSSR count). The van der Waals surface area contributed by atoms with E-state index in [9.17, 15) is 0 Å². The number of aromatic nitrogens is 4. The Labute approximate surface area is 138 Å². The van der Waals surface area contributed by atoms with Gasteiger partial charge in [0.2, 0.25) is 0 Å². The Morgan fingerprint density at radius 1 is 1.09 bits per heavy atom. The van der Waals surface area contributed by atoms with Crippen molar-refractivity contribution in [1.82, 2.24) is 24.9 Å². The number of hydrogen-bond donors (Lipinski definition) is 2.